The van der Waals surface area contributed by atoms with Gasteiger partial charge in [-0.05, 0) is 0 Å². The van der Waals surface area contributed by atoms with E-state index in [0.29, 0.717) is 0 Å². The molecule has 5 nitrogen and oxygen atoms in total. The number of aliphatic hydroxyl groups is 2. The second-order valence-electron chi connectivity index (χ2n) is 2.50. The van der Waals surface area contributed by atoms with Gasteiger partial charge in [0.05, 0.1) is 0 Å². The minimum Gasteiger partial charge on any atom is -0.387 e. The molecule has 0 amide bonds. The number of aliphatic hydroxyl groups excluding tert-OH is 2. The van der Waals surface area contributed by atoms with Gasteiger partial charge in [0.15, 0.2) is 6.29 Å². The highest BCUT2D eigenvalue weighted by molar-refractivity contribution is 4.86. The van der Waals surface area contributed by atoms with E-state index in [1.807, 2.05) is 0 Å². The third kappa shape index (κ3) is 1.52. The summed E-state index contributed by atoms with van der Waals surface area (Å²) >= 11 is 0. The number of hydrogen-bond acceptors (Lipinski definition) is 5. The minimum absolute atomic E-state index is 0.179. The number of nitrogens with two attached hydrogens (primary N) is 1. The summed E-state index contributed by atoms with van der Waals surface area (Å²) in [5, 5.41) is 18.4. The monoisotopic (exact) mass is 163 g/mol. The molecule has 0 aromatic rings. The molecular formula is C6H13NO4. The van der Waals surface area contributed by atoms with Gasteiger partial charge in [0.2, 0.25) is 0 Å². The van der Waals surface area contributed by atoms with Crippen LogP contribution in [0.2, 0.25) is 0 Å². The van der Waals surface area contributed by atoms with Gasteiger partial charge in [-0.3, -0.25) is 0 Å². The molecule has 0 bridgehead atoms. The van der Waals surface area contributed by atoms with Crippen molar-refractivity contribution in [1.82, 2.24) is 0 Å². The molecule has 0 spiro atoms. The van der Waals surface area contributed by atoms with Crippen molar-refractivity contribution in [3.63, 3.8) is 0 Å². The van der Waals surface area contributed by atoms with Gasteiger partial charge >= 0.3 is 0 Å². The SMILES string of the molecule is COC1O[C@H](CN)[C@@H](O)[C@H]1O. The molecule has 1 rings (SSSR count). The second kappa shape index (κ2) is 3.46. The fraction of sp³-hybridized carbons (Fsp3) is 1.00. The van der Waals surface area contributed by atoms with Gasteiger partial charge in [0, 0.05) is 13.7 Å². The average molecular weight is 163 g/mol. The molecule has 66 valence electrons. The van der Waals surface area contributed by atoms with Crippen LogP contribution in [-0.2, 0) is 9.47 Å². The van der Waals surface area contributed by atoms with Gasteiger partial charge in [0.25, 0.3) is 0 Å². The molecule has 5 heteroatoms. The molecule has 0 aromatic heterocycles. The highest BCUT2D eigenvalue weighted by Gasteiger charge is 2.41. The normalized spacial score (nSPS) is 44.7. The molecule has 0 aromatic carbocycles. The lowest BCUT2D eigenvalue weighted by atomic mass is 10.1. The highest BCUT2D eigenvalue weighted by atomic mass is 16.7. The smallest absolute Gasteiger partial charge is 0.186 e. The Morgan fingerprint density at radius 1 is 1.45 bits per heavy atom. The Morgan fingerprint density at radius 2 is 2.09 bits per heavy atom. The van der Waals surface area contributed by atoms with E-state index in [4.69, 9.17) is 15.2 Å². The molecule has 1 aliphatic heterocycles. The standard InChI is InChI=1S/C6H13NO4/c1-10-6-5(9)4(8)3(2-7)11-6/h3-6,8-9H,2,7H2,1H3/t3-,4-,5-,6?/m1/s1. The summed E-state index contributed by atoms with van der Waals surface area (Å²) in [6.45, 7) is 0.179. The molecule has 11 heavy (non-hydrogen) atoms. The van der Waals surface area contributed by atoms with E-state index in [2.05, 4.69) is 0 Å². The maximum atomic E-state index is 9.22. The van der Waals surface area contributed by atoms with Crippen molar-refractivity contribution < 1.29 is 19.7 Å². The lowest BCUT2D eigenvalue weighted by Crippen LogP contribution is -2.36. The minimum atomic E-state index is -0.992. The summed E-state index contributed by atoms with van der Waals surface area (Å²) in [5.74, 6) is 0. The Bertz CT molecular complexity index is 114. The van der Waals surface area contributed by atoms with Crippen LogP contribution in [-0.4, -0.2) is 48.5 Å². The molecular weight excluding hydrogens is 150 g/mol. The van der Waals surface area contributed by atoms with Gasteiger partial charge in [0.1, 0.15) is 18.3 Å². The van der Waals surface area contributed by atoms with E-state index < -0.39 is 24.6 Å². The first-order valence-electron chi connectivity index (χ1n) is 3.45. The second-order valence-corrected chi connectivity index (χ2v) is 2.50. The van der Waals surface area contributed by atoms with Crippen molar-refractivity contribution in [3.8, 4) is 0 Å². The lowest BCUT2D eigenvalue weighted by Gasteiger charge is -2.11. The number of rotatable bonds is 2. The fourth-order valence-corrected chi connectivity index (χ4v) is 1.10. The van der Waals surface area contributed by atoms with Crippen LogP contribution in [0.25, 0.3) is 0 Å². The van der Waals surface area contributed by atoms with Gasteiger partial charge in [-0.25, -0.2) is 0 Å². The summed E-state index contributed by atoms with van der Waals surface area (Å²) in [4.78, 5) is 0. The summed E-state index contributed by atoms with van der Waals surface area (Å²) in [7, 11) is 1.40. The third-order valence-electron chi connectivity index (χ3n) is 1.78. The predicted molar refractivity (Wildman–Crippen MR) is 36.7 cm³/mol. The van der Waals surface area contributed by atoms with E-state index in [9.17, 15) is 10.2 Å². The maximum Gasteiger partial charge on any atom is 0.186 e. The molecule has 1 saturated heterocycles. The molecule has 1 fully saturated rings. The van der Waals surface area contributed by atoms with Crippen LogP contribution in [0.3, 0.4) is 0 Å². The zero-order valence-corrected chi connectivity index (χ0v) is 6.30. The van der Waals surface area contributed by atoms with E-state index in [0.717, 1.165) is 0 Å². The van der Waals surface area contributed by atoms with Crippen molar-refractivity contribution in [1.29, 1.82) is 0 Å². The Hall–Kier alpha value is -0.200. The molecule has 0 radical (unpaired) electrons. The fourth-order valence-electron chi connectivity index (χ4n) is 1.10. The summed E-state index contributed by atoms with van der Waals surface area (Å²) < 4.78 is 9.78. The molecule has 1 unspecified atom stereocenters. The highest BCUT2D eigenvalue weighted by Crippen LogP contribution is 2.20. The van der Waals surface area contributed by atoms with Crippen LogP contribution in [0.15, 0.2) is 0 Å². The van der Waals surface area contributed by atoms with Crippen molar-refractivity contribution in [3.05, 3.63) is 0 Å². The molecule has 1 aliphatic rings. The van der Waals surface area contributed by atoms with E-state index in [1.165, 1.54) is 7.11 Å². The van der Waals surface area contributed by atoms with Gasteiger partial charge in [-0.15, -0.1) is 0 Å². The molecule has 4 atom stereocenters. The van der Waals surface area contributed by atoms with Crippen molar-refractivity contribution >= 4 is 0 Å². The van der Waals surface area contributed by atoms with E-state index in [-0.39, 0.29) is 6.54 Å². The van der Waals surface area contributed by atoms with Gasteiger partial charge in [-0.1, -0.05) is 0 Å². The van der Waals surface area contributed by atoms with Gasteiger partial charge in [-0.2, -0.15) is 0 Å². The van der Waals surface area contributed by atoms with Gasteiger partial charge < -0.3 is 25.4 Å². The van der Waals surface area contributed by atoms with Crippen LogP contribution in [0.5, 0.6) is 0 Å². The molecule has 0 saturated carbocycles. The van der Waals surface area contributed by atoms with Crippen LogP contribution in [0, 0.1) is 0 Å². The molecule has 0 aliphatic carbocycles. The third-order valence-corrected chi connectivity index (χ3v) is 1.78. The zero-order chi connectivity index (χ0) is 8.43. The van der Waals surface area contributed by atoms with Crippen molar-refractivity contribution in [2.24, 2.45) is 5.73 Å². The first-order valence-corrected chi connectivity index (χ1v) is 3.45. The van der Waals surface area contributed by atoms with Crippen LogP contribution < -0.4 is 5.73 Å². The summed E-state index contributed by atoms with van der Waals surface area (Å²) in [6, 6.07) is 0. The number of methoxy groups -OCH3 is 1. The number of hydrogen-bond donors (Lipinski definition) is 3. The van der Waals surface area contributed by atoms with Crippen molar-refractivity contribution in [2.75, 3.05) is 13.7 Å². The Labute approximate surface area is 64.7 Å². The predicted octanol–water partition coefficient (Wildman–Crippen LogP) is -1.96. The van der Waals surface area contributed by atoms with Crippen LogP contribution in [0.4, 0.5) is 0 Å². The average Bonchev–Trinajstić information content (AvgIpc) is 2.30. The van der Waals surface area contributed by atoms with E-state index >= 15 is 0 Å². The first kappa shape index (κ1) is 8.89. The Kier molecular flexibility index (Phi) is 2.80. The van der Waals surface area contributed by atoms with E-state index in [1.54, 1.807) is 0 Å². The summed E-state index contributed by atoms with van der Waals surface area (Å²) in [6.07, 6.45) is -3.20. The van der Waals surface area contributed by atoms with Crippen LogP contribution in [0.1, 0.15) is 0 Å². The topological polar surface area (TPSA) is 84.9 Å². The molecule has 4 N–H and O–H groups in total. The zero-order valence-electron chi connectivity index (χ0n) is 6.30. The molecule has 1 heterocycles. The Balaban J connectivity index is 2.53. The number of ether oxygens (including phenoxy) is 2. The maximum absolute atomic E-state index is 9.22. The summed E-state index contributed by atoms with van der Waals surface area (Å²) in [5.41, 5.74) is 5.25. The Morgan fingerprint density at radius 3 is 2.36 bits per heavy atom. The van der Waals surface area contributed by atoms with Crippen molar-refractivity contribution in [2.45, 2.75) is 24.6 Å². The lowest BCUT2D eigenvalue weighted by molar-refractivity contribution is -0.147. The largest absolute Gasteiger partial charge is 0.387 e. The van der Waals surface area contributed by atoms with Crippen LogP contribution >= 0.6 is 0 Å². The first-order chi connectivity index (χ1) is 5.20. The quantitative estimate of drug-likeness (QED) is 0.440.